The van der Waals surface area contributed by atoms with Crippen molar-refractivity contribution in [1.82, 2.24) is 5.32 Å². The second-order valence-corrected chi connectivity index (χ2v) is 6.46. The quantitative estimate of drug-likeness (QED) is 0.636. The second-order valence-electron chi connectivity index (χ2n) is 5.60. The van der Waals surface area contributed by atoms with Gasteiger partial charge >= 0.3 is 0 Å². The molecule has 0 fully saturated rings. The standard InChI is InChI=1S/C19H18BrNO5/c1-24-12-6-7-16(25-2)13(9-12)15(22)10-21-19(23)17-8-11-4-3-5-14(20)18(11)26-17/h3-9,15,22H,10H2,1-2H3,(H,21,23). The molecule has 7 heteroatoms. The van der Waals surface area contributed by atoms with Crippen LogP contribution in [-0.2, 0) is 0 Å². The molecule has 3 rings (SSSR count). The summed E-state index contributed by atoms with van der Waals surface area (Å²) in [4.78, 5) is 12.4. The summed E-state index contributed by atoms with van der Waals surface area (Å²) in [5, 5.41) is 13.9. The molecular weight excluding hydrogens is 402 g/mol. The van der Waals surface area contributed by atoms with Crippen LogP contribution in [0.25, 0.3) is 11.0 Å². The number of amides is 1. The average molecular weight is 420 g/mol. The van der Waals surface area contributed by atoms with Gasteiger partial charge in [-0.15, -0.1) is 0 Å². The summed E-state index contributed by atoms with van der Waals surface area (Å²) in [6.45, 7) is 0.000571. The van der Waals surface area contributed by atoms with Gasteiger partial charge in [0, 0.05) is 17.5 Å². The third kappa shape index (κ3) is 3.68. The summed E-state index contributed by atoms with van der Waals surface area (Å²) >= 11 is 3.39. The highest BCUT2D eigenvalue weighted by Crippen LogP contribution is 2.29. The fourth-order valence-electron chi connectivity index (χ4n) is 2.63. The Kier molecular flexibility index (Phi) is 5.49. The van der Waals surface area contributed by atoms with Crippen LogP contribution >= 0.6 is 15.9 Å². The molecule has 26 heavy (non-hydrogen) atoms. The molecule has 0 aliphatic rings. The summed E-state index contributed by atoms with van der Waals surface area (Å²) in [7, 11) is 3.06. The van der Waals surface area contributed by atoms with Crippen molar-refractivity contribution in [3.63, 3.8) is 0 Å². The minimum Gasteiger partial charge on any atom is -0.497 e. The van der Waals surface area contributed by atoms with Gasteiger partial charge in [-0.1, -0.05) is 12.1 Å². The zero-order chi connectivity index (χ0) is 18.7. The number of nitrogens with one attached hydrogen (secondary N) is 1. The fourth-order valence-corrected chi connectivity index (χ4v) is 3.09. The minimum atomic E-state index is -0.958. The molecule has 0 bridgehead atoms. The van der Waals surface area contributed by atoms with Crippen LogP contribution in [0.5, 0.6) is 11.5 Å². The number of hydrogen-bond donors (Lipinski definition) is 2. The zero-order valence-electron chi connectivity index (χ0n) is 14.3. The van der Waals surface area contributed by atoms with Crippen molar-refractivity contribution in [1.29, 1.82) is 0 Å². The molecule has 2 aromatic carbocycles. The number of aliphatic hydroxyl groups is 1. The smallest absolute Gasteiger partial charge is 0.287 e. The van der Waals surface area contributed by atoms with Gasteiger partial charge in [0.2, 0.25) is 0 Å². The molecule has 1 atom stereocenters. The normalized spacial score (nSPS) is 12.0. The number of benzene rings is 2. The average Bonchev–Trinajstić information content (AvgIpc) is 3.11. The van der Waals surface area contributed by atoms with Gasteiger partial charge in [-0.05, 0) is 46.3 Å². The van der Waals surface area contributed by atoms with Crippen LogP contribution in [0.15, 0.2) is 51.4 Å². The molecule has 1 unspecified atom stereocenters. The number of furan rings is 1. The molecule has 6 nitrogen and oxygen atoms in total. The molecule has 0 spiro atoms. The Morgan fingerprint density at radius 3 is 2.73 bits per heavy atom. The van der Waals surface area contributed by atoms with Crippen molar-refractivity contribution in [2.75, 3.05) is 20.8 Å². The van der Waals surface area contributed by atoms with E-state index in [2.05, 4.69) is 21.2 Å². The highest BCUT2D eigenvalue weighted by molar-refractivity contribution is 9.10. The molecule has 0 aliphatic heterocycles. The highest BCUT2D eigenvalue weighted by atomic mass is 79.9. The molecule has 0 saturated heterocycles. The van der Waals surface area contributed by atoms with E-state index in [1.54, 1.807) is 31.4 Å². The van der Waals surface area contributed by atoms with Crippen LogP contribution in [-0.4, -0.2) is 31.8 Å². The molecule has 1 amide bonds. The van der Waals surface area contributed by atoms with E-state index in [0.29, 0.717) is 22.6 Å². The van der Waals surface area contributed by atoms with Crippen LogP contribution in [0.1, 0.15) is 22.2 Å². The molecular formula is C19H18BrNO5. The lowest BCUT2D eigenvalue weighted by atomic mass is 10.1. The first kappa shape index (κ1) is 18.3. The number of para-hydroxylation sites is 1. The van der Waals surface area contributed by atoms with Crippen LogP contribution in [0.2, 0.25) is 0 Å². The lowest BCUT2D eigenvalue weighted by molar-refractivity contribution is 0.0889. The number of fused-ring (bicyclic) bond motifs is 1. The molecule has 0 radical (unpaired) electrons. The maximum atomic E-state index is 12.4. The SMILES string of the molecule is COc1ccc(OC)c(C(O)CNC(=O)c2cc3cccc(Br)c3o2)c1. The van der Waals surface area contributed by atoms with Gasteiger partial charge in [0.25, 0.3) is 5.91 Å². The van der Waals surface area contributed by atoms with E-state index in [-0.39, 0.29) is 12.3 Å². The summed E-state index contributed by atoms with van der Waals surface area (Å²) in [5.74, 6) is 0.874. The molecule has 1 aromatic heterocycles. The van der Waals surface area contributed by atoms with Gasteiger partial charge in [-0.25, -0.2) is 0 Å². The number of carbonyl (C=O) groups is 1. The van der Waals surface area contributed by atoms with Crippen LogP contribution in [0.3, 0.4) is 0 Å². The van der Waals surface area contributed by atoms with Crippen molar-refractivity contribution in [2.45, 2.75) is 6.10 Å². The largest absolute Gasteiger partial charge is 0.497 e. The third-order valence-electron chi connectivity index (χ3n) is 3.97. The van der Waals surface area contributed by atoms with Crippen molar-refractivity contribution in [3.8, 4) is 11.5 Å². The maximum Gasteiger partial charge on any atom is 0.287 e. The predicted octanol–water partition coefficient (Wildman–Crippen LogP) is 3.68. The van der Waals surface area contributed by atoms with Gasteiger partial charge in [0.05, 0.1) is 18.7 Å². The molecule has 2 N–H and O–H groups in total. The Morgan fingerprint density at radius 2 is 2.04 bits per heavy atom. The van der Waals surface area contributed by atoms with E-state index in [9.17, 15) is 9.90 Å². The second kappa shape index (κ2) is 7.80. The van der Waals surface area contributed by atoms with E-state index in [1.165, 1.54) is 7.11 Å². The van der Waals surface area contributed by atoms with Crippen LogP contribution in [0, 0.1) is 0 Å². The maximum absolute atomic E-state index is 12.4. The van der Waals surface area contributed by atoms with Crippen LogP contribution < -0.4 is 14.8 Å². The Morgan fingerprint density at radius 1 is 1.23 bits per heavy atom. The monoisotopic (exact) mass is 419 g/mol. The molecule has 0 aliphatic carbocycles. The number of halogens is 1. The number of aliphatic hydroxyl groups excluding tert-OH is 1. The Balaban J connectivity index is 1.73. The number of hydrogen-bond acceptors (Lipinski definition) is 5. The summed E-state index contributed by atoms with van der Waals surface area (Å²) in [6.07, 6.45) is -0.958. The molecule has 0 saturated carbocycles. The first-order valence-corrected chi connectivity index (χ1v) is 8.69. The predicted molar refractivity (Wildman–Crippen MR) is 101 cm³/mol. The van der Waals surface area contributed by atoms with E-state index >= 15 is 0 Å². The number of rotatable bonds is 6. The first-order valence-electron chi connectivity index (χ1n) is 7.89. The number of carbonyl (C=O) groups excluding carboxylic acids is 1. The number of ether oxygens (including phenoxy) is 2. The summed E-state index contributed by atoms with van der Waals surface area (Å²) in [5.41, 5.74) is 1.13. The van der Waals surface area contributed by atoms with Gasteiger partial charge in [0.15, 0.2) is 5.76 Å². The van der Waals surface area contributed by atoms with Crippen molar-refractivity contribution in [3.05, 3.63) is 58.3 Å². The van der Waals surface area contributed by atoms with Gasteiger partial charge in [-0.3, -0.25) is 4.79 Å². The lowest BCUT2D eigenvalue weighted by Crippen LogP contribution is -2.28. The van der Waals surface area contributed by atoms with Crippen molar-refractivity contribution >= 4 is 32.8 Å². The first-order chi connectivity index (χ1) is 12.5. The molecule has 3 aromatic rings. The van der Waals surface area contributed by atoms with Crippen molar-refractivity contribution in [2.24, 2.45) is 0 Å². The lowest BCUT2D eigenvalue weighted by Gasteiger charge is -2.16. The van der Waals surface area contributed by atoms with E-state index in [0.717, 1.165) is 9.86 Å². The fraction of sp³-hybridized carbons (Fsp3) is 0.211. The Hall–Kier alpha value is -2.51. The molecule has 136 valence electrons. The zero-order valence-corrected chi connectivity index (χ0v) is 15.9. The molecule has 1 heterocycles. The Labute approximate surface area is 158 Å². The van der Waals surface area contributed by atoms with Crippen LogP contribution in [0.4, 0.5) is 0 Å². The van der Waals surface area contributed by atoms with E-state index in [4.69, 9.17) is 13.9 Å². The van der Waals surface area contributed by atoms with E-state index in [1.807, 2.05) is 18.2 Å². The topological polar surface area (TPSA) is 80.9 Å². The highest BCUT2D eigenvalue weighted by Gasteiger charge is 2.18. The summed E-state index contributed by atoms with van der Waals surface area (Å²) < 4.78 is 16.8. The van der Waals surface area contributed by atoms with Gasteiger partial charge < -0.3 is 24.3 Å². The van der Waals surface area contributed by atoms with Gasteiger partial charge in [0.1, 0.15) is 23.2 Å². The summed E-state index contributed by atoms with van der Waals surface area (Å²) in [6, 6.07) is 12.3. The minimum absolute atomic E-state index is 0.000571. The van der Waals surface area contributed by atoms with Crippen molar-refractivity contribution < 1.29 is 23.8 Å². The van der Waals surface area contributed by atoms with Gasteiger partial charge in [-0.2, -0.15) is 0 Å². The third-order valence-corrected chi connectivity index (χ3v) is 4.60. The Bertz CT molecular complexity index is 937. The number of methoxy groups -OCH3 is 2. The van der Waals surface area contributed by atoms with E-state index < -0.39 is 12.0 Å².